The van der Waals surface area contributed by atoms with Crippen molar-refractivity contribution >= 4 is 27.1 Å². The normalized spacial score (nSPS) is 11.5. The molecule has 0 aliphatic heterocycles. The zero-order chi connectivity index (χ0) is 15.3. The minimum atomic E-state index is -3.33. The smallest absolute Gasteiger partial charge is 0.215 e. The molecule has 6 heteroatoms. The van der Waals surface area contributed by atoms with E-state index in [1.165, 1.54) is 18.3 Å². The van der Waals surface area contributed by atoms with Crippen molar-refractivity contribution < 1.29 is 13.2 Å². The van der Waals surface area contributed by atoms with E-state index in [9.17, 15) is 13.2 Å². The first-order valence-corrected chi connectivity index (χ1v) is 9.04. The molecule has 0 atom stereocenters. The fraction of sp³-hybridized carbons (Fsp3) is 0.267. The third-order valence-electron chi connectivity index (χ3n) is 2.90. The van der Waals surface area contributed by atoms with E-state index in [1.54, 1.807) is 18.2 Å². The van der Waals surface area contributed by atoms with Crippen molar-refractivity contribution in [1.29, 1.82) is 0 Å². The third-order valence-corrected chi connectivity index (χ3v) is 5.50. The molecule has 1 N–H and O–H groups in total. The van der Waals surface area contributed by atoms with Crippen LogP contribution in [0.25, 0.3) is 0 Å². The van der Waals surface area contributed by atoms with Gasteiger partial charge >= 0.3 is 0 Å². The molecule has 0 saturated heterocycles. The van der Waals surface area contributed by atoms with Gasteiger partial charge in [-0.25, -0.2) is 13.1 Å². The summed E-state index contributed by atoms with van der Waals surface area (Å²) in [5, 5.41) is 0. The van der Waals surface area contributed by atoms with Crippen molar-refractivity contribution in [3.8, 4) is 0 Å². The van der Waals surface area contributed by atoms with E-state index < -0.39 is 10.0 Å². The summed E-state index contributed by atoms with van der Waals surface area (Å²) < 4.78 is 26.5. The molecule has 0 saturated carbocycles. The van der Waals surface area contributed by atoms with Crippen molar-refractivity contribution in [2.75, 3.05) is 6.54 Å². The minimum Gasteiger partial charge on any atom is -0.294 e. The molecule has 0 amide bonds. The lowest BCUT2D eigenvalue weighted by molar-refractivity contribution is 0.102. The summed E-state index contributed by atoms with van der Waals surface area (Å²) in [7, 11) is -3.33. The Labute approximate surface area is 128 Å². The zero-order valence-corrected chi connectivity index (χ0v) is 13.3. The molecule has 0 radical (unpaired) electrons. The van der Waals surface area contributed by atoms with Crippen molar-refractivity contribution in [3.05, 3.63) is 57.8 Å². The second-order valence-electron chi connectivity index (χ2n) is 4.71. The standard InChI is InChI=1S/C15H17NO3S2/c1-12(17)15-8-7-14(20-15)9-10-16-21(18,19)11-13-5-3-2-4-6-13/h2-8,16H,9-11H2,1H3. The van der Waals surface area contributed by atoms with Crippen LogP contribution in [0.2, 0.25) is 0 Å². The average Bonchev–Trinajstić information content (AvgIpc) is 2.88. The number of Topliss-reactive ketones (excluding diaryl/α,β-unsaturated/α-hetero) is 1. The van der Waals surface area contributed by atoms with Crippen LogP contribution < -0.4 is 4.72 Å². The van der Waals surface area contributed by atoms with Crippen LogP contribution in [-0.4, -0.2) is 20.7 Å². The van der Waals surface area contributed by atoms with E-state index >= 15 is 0 Å². The van der Waals surface area contributed by atoms with Crippen molar-refractivity contribution in [1.82, 2.24) is 4.72 Å². The molecule has 2 aromatic rings. The van der Waals surface area contributed by atoms with E-state index in [0.29, 0.717) is 17.8 Å². The predicted octanol–water partition coefficient (Wildman–Crippen LogP) is 2.61. The van der Waals surface area contributed by atoms with Gasteiger partial charge in [0, 0.05) is 11.4 Å². The maximum Gasteiger partial charge on any atom is 0.215 e. The number of carbonyl (C=O) groups is 1. The second-order valence-corrected chi connectivity index (χ2v) is 7.69. The lowest BCUT2D eigenvalue weighted by Crippen LogP contribution is -2.27. The van der Waals surface area contributed by atoms with E-state index in [4.69, 9.17) is 0 Å². The topological polar surface area (TPSA) is 63.2 Å². The Hall–Kier alpha value is -1.50. The van der Waals surface area contributed by atoms with Gasteiger partial charge in [0.05, 0.1) is 10.6 Å². The number of carbonyl (C=O) groups excluding carboxylic acids is 1. The molecule has 0 aliphatic rings. The van der Waals surface area contributed by atoms with Gasteiger partial charge in [0.1, 0.15) is 0 Å². The number of hydrogen-bond donors (Lipinski definition) is 1. The number of rotatable bonds is 7. The van der Waals surface area contributed by atoms with Crippen molar-refractivity contribution in [2.24, 2.45) is 0 Å². The highest BCUT2D eigenvalue weighted by atomic mass is 32.2. The van der Waals surface area contributed by atoms with Gasteiger partial charge in [-0.05, 0) is 31.0 Å². The average molecular weight is 323 g/mol. The zero-order valence-electron chi connectivity index (χ0n) is 11.7. The van der Waals surface area contributed by atoms with Crippen LogP contribution in [0.3, 0.4) is 0 Å². The van der Waals surface area contributed by atoms with Crippen LogP contribution in [0.15, 0.2) is 42.5 Å². The third kappa shape index (κ3) is 5.08. The summed E-state index contributed by atoms with van der Waals surface area (Å²) in [5.74, 6) is 0.0210. The molecule has 1 aromatic carbocycles. The fourth-order valence-electron chi connectivity index (χ4n) is 1.88. The molecule has 0 spiro atoms. The molecular weight excluding hydrogens is 306 g/mol. The lowest BCUT2D eigenvalue weighted by atomic mass is 10.2. The summed E-state index contributed by atoms with van der Waals surface area (Å²) >= 11 is 1.41. The van der Waals surface area contributed by atoms with Crippen LogP contribution in [0, 0.1) is 0 Å². The Balaban J connectivity index is 1.85. The SMILES string of the molecule is CC(=O)c1ccc(CCNS(=O)(=O)Cc2ccccc2)s1. The molecule has 0 fully saturated rings. The van der Waals surface area contributed by atoms with Crippen LogP contribution in [0.1, 0.15) is 27.0 Å². The number of nitrogens with one attached hydrogen (secondary N) is 1. The predicted molar refractivity (Wildman–Crippen MR) is 85.1 cm³/mol. The van der Waals surface area contributed by atoms with Gasteiger partial charge in [0.2, 0.25) is 10.0 Å². The van der Waals surface area contributed by atoms with E-state index in [0.717, 1.165) is 10.4 Å². The Morgan fingerprint density at radius 1 is 1.14 bits per heavy atom. The molecule has 0 unspecified atom stereocenters. The monoisotopic (exact) mass is 323 g/mol. The molecule has 1 aromatic heterocycles. The summed E-state index contributed by atoms with van der Waals surface area (Å²) in [6, 6.07) is 12.7. The largest absolute Gasteiger partial charge is 0.294 e. The van der Waals surface area contributed by atoms with Crippen molar-refractivity contribution in [2.45, 2.75) is 19.1 Å². The fourth-order valence-corrected chi connectivity index (χ4v) is 3.92. The first-order valence-electron chi connectivity index (χ1n) is 6.57. The van der Waals surface area contributed by atoms with Gasteiger partial charge in [0.25, 0.3) is 0 Å². The highest BCUT2D eigenvalue weighted by Gasteiger charge is 2.11. The van der Waals surface area contributed by atoms with E-state index in [1.807, 2.05) is 24.3 Å². The Morgan fingerprint density at radius 2 is 1.86 bits per heavy atom. The highest BCUT2D eigenvalue weighted by molar-refractivity contribution is 7.88. The summed E-state index contributed by atoms with van der Waals surface area (Å²) in [4.78, 5) is 12.9. The molecule has 21 heavy (non-hydrogen) atoms. The van der Waals surface area contributed by atoms with Crippen molar-refractivity contribution in [3.63, 3.8) is 0 Å². The van der Waals surface area contributed by atoms with Crippen LogP contribution in [-0.2, 0) is 22.2 Å². The van der Waals surface area contributed by atoms with Crippen LogP contribution in [0.4, 0.5) is 0 Å². The number of ketones is 1. The van der Waals surface area contributed by atoms with Gasteiger partial charge in [-0.3, -0.25) is 4.79 Å². The Morgan fingerprint density at radius 3 is 2.48 bits per heavy atom. The van der Waals surface area contributed by atoms with Gasteiger partial charge in [-0.2, -0.15) is 0 Å². The van der Waals surface area contributed by atoms with E-state index in [-0.39, 0.29) is 11.5 Å². The summed E-state index contributed by atoms with van der Waals surface area (Å²) in [6.45, 7) is 1.87. The molecule has 112 valence electrons. The summed E-state index contributed by atoms with van der Waals surface area (Å²) in [6.07, 6.45) is 0.589. The quantitative estimate of drug-likeness (QED) is 0.797. The van der Waals surface area contributed by atoms with Crippen LogP contribution >= 0.6 is 11.3 Å². The van der Waals surface area contributed by atoms with Gasteiger partial charge in [-0.1, -0.05) is 30.3 Å². The number of benzene rings is 1. The summed E-state index contributed by atoms with van der Waals surface area (Å²) in [5.41, 5.74) is 0.764. The van der Waals surface area contributed by atoms with Crippen LogP contribution in [0.5, 0.6) is 0 Å². The van der Waals surface area contributed by atoms with Gasteiger partial charge < -0.3 is 0 Å². The second kappa shape index (κ2) is 6.98. The first-order chi connectivity index (χ1) is 9.96. The maximum atomic E-state index is 11.9. The highest BCUT2D eigenvalue weighted by Crippen LogP contribution is 2.17. The number of sulfonamides is 1. The molecule has 1 heterocycles. The Kier molecular flexibility index (Phi) is 5.27. The first kappa shape index (κ1) is 15.9. The molecule has 2 rings (SSSR count). The number of thiophene rings is 1. The molecule has 0 bridgehead atoms. The minimum absolute atomic E-state index is 0.0169. The Bertz CT molecular complexity index is 706. The molecule has 0 aliphatic carbocycles. The van der Waals surface area contributed by atoms with E-state index in [2.05, 4.69) is 4.72 Å². The molecule has 4 nitrogen and oxygen atoms in total. The molecular formula is C15H17NO3S2. The lowest BCUT2D eigenvalue weighted by Gasteiger charge is -2.06. The van der Waals surface area contributed by atoms with Gasteiger partial charge in [0.15, 0.2) is 5.78 Å². The number of hydrogen-bond acceptors (Lipinski definition) is 4. The van der Waals surface area contributed by atoms with Gasteiger partial charge in [-0.15, -0.1) is 11.3 Å². The maximum absolute atomic E-state index is 11.9.